The summed E-state index contributed by atoms with van der Waals surface area (Å²) in [4.78, 5) is 52.7. The maximum atomic E-state index is 14.1. The summed E-state index contributed by atoms with van der Waals surface area (Å²) >= 11 is 6.84. The number of benzene rings is 2. The van der Waals surface area contributed by atoms with Crippen molar-refractivity contribution in [3.05, 3.63) is 71.8 Å². The Balaban J connectivity index is 2.01. The lowest BCUT2D eigenvalue weighted by atomic mass is 9.60. The van der Waals surface area contributed by atoms with E-state index >= 15 is 0 Å². The van der Waals surface area contributed by atoms with Gasteiger partial charge in [0.05, 0.1) is 27.0 Å². The molecule has 3 rings (SSSR count). The molecule has 0 aliphatic carbocycles. The third-order valence-corrected chi connectivity index (χ3v) is 9.95. The van der Waals surface area contributed by atoms with Crippen LogP contribution in [0.4, 0.5) is 0 Å². The molecule has 226 valence electrons. The van der Waals surface area contributed by atoms with Crippen LogP contribution in [0.25, 0.3) is 0 Å². The van der Waals surface area contributed by atoms with Gasteiger partial charge in [0.1, 0.15) is 5.60 Å². The fourth-order valence-corrected chi connectivity index (χ4v) is 6.01. The number of carboxylic acids is 1. The fraction of sp³-hybridized carbons (Fsp3) is 0.469. The Labute approximate surface area is 256 Å². The van der Waals surface area contributed by atoms with Crippen LogP contribution in [-0.2, 0) is 39.0 Å². The zero-order valence-corrected chi connectivity index (χ0v) is 26.4. The van der Waals surface area contributed by atoms with Crippen LogP contribution in [0.5, 0.6) is 0 Å². The van der Waals surface area contributed by atoms with Gasteiger partial charge in [-0.25, -0.2) is 4.79 Å². The number of rotatable bonds is 12. The van der Waals surface area contributed by atoms with E-state index in [0.717, 1.165) is 11.1 Å². The molecule has 0 amide bonds. The molecule has 1 heterocycles. The summed E-state index contributed by atoms with van der Waals surface area (Å²) in [6, 6.07) is 18.4. The summed E-state index contributed by atoms with van der Waals surface area (Å²) in [6.45, 7) is 9.55. The van der Waals surface area contributed by atoms with Crippen LogP contribution < -0.4 is 0 Å². The summed E-state index contributed by atoms with van der Waals surface area (Å²) in [5.41, 5.74) is -4.43. The molecule has 8 nitrogen and oxygen atoms in total. The van der Waals surface area contributed by atoms with Gasteiger partial charge in [0.25, 0.3) is 0 Å². The minimum atomic E-state index is -1.72. The zero-order valence-electron chi connectivity index (χ0n) is 24.8. The Kier molecular flexibility index (Phi) is 10.3. The molecule has 1 fully saturated rings. The molecule has 2 aromatic rings. The van der Waals surface area contributed by atoms with Gasteiger partial charge < -0.3 is 19.3 Å². The largest absolute Gasteiger partial charge is 0.481 e. The Morgan fingerprint density at radius 2 is 1.52 bits per heavy atom. The third-order valence-electron chi connectivity index (χ3n) is 8.09. The molecule has 0 spiro atoms. The van der Waals surface area contributed by atoms with Crippen LogP contribution in [0.15, 0.2) is 60.7 Å². The predicted molar refractivity (Wildman–Crippen MR) is 164 cm³/mol. The van der Waals surface area contributed by atoms with Crippen molar-refractivity contribution in [2.75, 3.05) is 12.4 Å². The first-order chi connectivity index (χ1) is 19.5. The van der Waals surface area contributed by atoms with E-state index in [9.17, 15) is 24.3 Å². The number of carbonyl (C=O) groups is 4. The van der Waals surface area contributed by atoms with E-state index in [1.807, 2.05) is 60.7 Å². The molecule has 2 aromatic carbocycles. The zero-order chi connectivity index (χ0) is 31.3. The van der Waals surface area contributed by atoms with Crippen LogP contribution in [0.3, 0.4) is 0 Å². The normalized spacial score (nSPS) is 18.2. The number of ether oxygens (including phenoxy) is 3. The molecule has 1 aliphatic rings. The van der Waals surface area contributed by atoms with Crippen LogP contribution in [0, 0.1) is 16.2 Å². The number of thiocarbonyl (C=S) groups is 1. The highest BCUT2D eigenvalue weighted by Gasteiger charge is 2.58. The summed E-state index contributed by atoms with van der Waals surface area (Å²) in [7, 11) is 0. The van der Waals surface area contributed by atoms with Gasteiger partial charge in [0.15, 0.2) is 0 Å². The minimum Gasteiger partial charge on any atom is -0.481 e. The molecule has 3 unspecified atom stereocenters. The number of hydrogen-bond acceptors (Lipinski definition) is 9. The van der Waals surface area contributed by atoms with Gasteiger partial charge in [-0.3, -0.25) is 14.4 Å². The first-order valence-electron chi connectivity index (χ1n) is 13.7. The quantitative estimate of drug-likeness (QED) is 0.175. The number of thioether (sulfide) groups is 1. The summed E-state index contributed by atoms with van der Waals surface area (Å²) in [6.07, 6.45) is -1.12. The molecule has 0 aromatic heterocycles. The van der Waals surface area contributed by atoms with Gasteiger partial charge in [-0.1, -0.05) is 72.9 Å². The van der Waals surface area contributed by atoms with Gasteiger partial charge in [-0.05, 0) is 59.1 Å². The molecular weight excluding hydrogens is 576 g/mol. The van der Waals surface area contributed by atoms with Gasteiger partial charge in [0, 0.05) is 12.2 Å². The van der Waals surface area contributed by atoms with E-state index in [-0.39, 0.29) is 25.2 Å². The maximum absolute atomic E-state index is 14.1. The first-order valence-corrected chi connectivity index (χ1v) is 15.1. The highest BCUT2D eigenvalue weighted by molar-refractivity contribution is 8.23. The summed E-state index contributed by atoms with van der Waals surface area (Å²) in [5.74, 6) is -3.35. The first kappa shape index (κ1) is 33.3. The van der Waals surface area contributed by atoms with E-state index in [4.69, 9.17) is 26.4 Å². The highest BCUT2D eigenvalue weighted by atomic mass is 32.2. The Bertz CT molecular complexity index is 1320. The number of carboxylic acid groups (broad SMARTS) is 1. The number of cyclic esters (lactones) is 1. The third kappa shape index (κ3) is 7.21. The van der Waals surface area contributed by atoms with Crippen LogP contribution >= 0.6 is 24.0 Å². The molecule has 42 heavy (non-hydrogen) atoms. The van der Waals surface area contributed by atoms with Gasteiger partial charge >= 0.3 is 23.9 Å². The minimum absolute atomic E-state index is 0.0575. The van der Waals surface area contributed by atoms with E-state index in [1.54, 1.807) is 20.8 Å². The van der Waals surface area contributed by atoms with Crippen molar-refractivity contribution in [2.45, 2.75) is 66.1 Å². The fourth-order valence-electron chi connectivity index (χ4n) is 4.73. The lowest BCUT2D eigenvalue weighted by Crippen LogP contribution is -2.53. The van der Waals surface area contributed by atoms with Crippen molar-refractivity contribution in [2.24, 2.45) is 16.2 Å². The molecule has 1 saturated heterocycles. The van der Waals surface area contributed by atoms with Crippen LogP contribution in [-0.4, -0.2) is 51.6 Å². The van der Waals surface area contributed by atoms with E-state index in [0.29, 0.717) is 4.20 Å². The smallest absolute Gasteiger partial charge is 0.347 e. The summed E-state index contributed by atoms with van der Waals surface area (Å²) in [5, 5.41) is 10.3. The second-order valence-corrected chi connectivity index (χ2v) is 13.7. The number of aliphatic carboxylic acids is 1. The Morgan fingerprint density at radius 3 is 2.05 bits per heavy atom. The Morgan fingerprint density at radius 1 is 0.952 bits per heavy atom. The van der Waals surface area contributed by atoms with Gasteiger partial charge in [-0.15, -0.1) is 11.8 Å². The molecule has 0 saturated carbocycles. The predicted octanol–water partition coefficient (Wildman–Crippen LogP) is 5.95. The van der Waals surface area contributed by atoms with Crippen LogP contribution in [0.1, 0.15) is 65.5 Å². The van der Waals surface area contributed by atoms with Crippen molar-refractivity contribution in [3.8, 4) is 0 Å². The molecule has 0 radical (unpaired) electrons. The van der Waals surface area contributed by atoms with E-state index < -0.39 is 51.8 Å². The average molecular weight is 615 g/mol. The van der Waals surface area contributed by atoms with E-state index in [2.05, 4.69) is 0 Å². The second kappa shape index (κ2) is 13.0. The molecule has 1 N–H and O–H groups in total. The molecular formula is C32H38O8S2. The molecule has 1 aliphatic heterocycles. The Hall–Kier alpha value is -3.24. The highest BCUT2D eigenvalue weighted by Crippen LogP contribution is 2.51. The van der Waals surface area contributed by atoms with Crippen molar-refractivity contribution in [3.63, 3.8) is 0 Å². The molecule has 0 bridgehead atoms. The topological polar surface area (TPSA) is 116 Å². The molecule has 3 atom stereocenters. The second-order valence-electron chi connectivity index (χ2n) is 12.1. The SMILES string of the molecule is CC(CSC(=S)c1ccccc1)(CC(C)(C(=O)OC(C)(C)c1ccccc1)C(C)(C)C(=O)O)C(=O)OC1CCOC1=O. The van der Waals surface area contributed by atoms with Crippen molar-refractivity contribution in [1.29, 1.82) is 0 Å². The van der Waals surface area contributed by atoms with E-state index in [1.165, 1.54) is 32.5 Å². The summed E-state index contributed by atoms with van der Waals surface area (Å²) < 4.78 is 17.1. The van der Waals surface area contributed by atoms with Crippen molar-refractivity contribution in [1.82, 2.24) is 0 Å². The number of carbonyl (C=O) groups excluding carboxylic acids is 3. The molecule has 10 heteroatoms. The monoisotopic (exact) mass is 614 g/mol. The maximum Gasteiger partial charge on any atom is 0.347 e. The van der Waals surface area contributed by atoms with Gasteiger partial charge in [-0.2, -0.15) is 0 Å². The number of hydrogen-bond donors (Lipinski definition) is 1. The standard InChI is InChI=1S/C32H38O8S2/c1-29(2,26(34)35)32(6,28(37)40-30(3,4)22-15-11-8-12-16-22)19-31(5,27(36)39-23-17-18-38-24(23)33)20-42-25(41)21-13-9-7-10-14-21/h7-16,23H,17-20H2,1-6H3,(H,34,35). The lowest BCUT2D eigenvalue weighted by Gasteiger charge is -2.45. The average Bonchev–Trinajstić information content (AvgIpc) is 3.35. The lowest BCUT2D eigenvalue weighted by molar-refractivity contribution is -0.190. The van der Waals surface area contributed by atoms with Crippen molar-refractivity contribution < 1.29 is 38.5 Å². The number of esters is 3. The van der Waals surface area contributed by atoms with Crippen molar-refractivity contribution >= 4 is 52.1 Å². The van der Waals surface area contributed by atoms with Crippen LogP contribution in [0.2, 0.25) is 0 Å². The van der Waals surface area contributed by atoms with Gasteiger partial charge in [0.2, 0.25) is 6.10 Å².